The molecule has 1 N–H and O–H groups in total. The van der Waals surface area contributed by atoms with Gasteiger partial charge in [-0.2, -0.15) is 0 Å². The van der Waals surface area contributed by atoms with Crippen LogP contribution in [-0.4, -0.2) is 10.9 Å². The van der Waals surface area contributed by atoms with Crippen molar-refractivity contribution < 1.29 is 4.79 Å². The molecule has 1 amide bonds. The number of amides is 1. The zero-order chi connectivity index (χ0) is 11.1. The largest absolute Gasteiger partial charge is 0.323 e. The average Bonchev–Trinajstić information content (AvgIpc) is 2.79. The number of rotatable bonds is 2. The molecule has 1 fully saturated rings. The number of aromatic nitrogens is 1. The average molecular weight is 225 g/mol. The number of hydrogen-bond donors (Lipinski definition) is 1. The molecule has 80 valence electrons. The predicted molar refractivity (Wildman–Crippen MR) is 59.8 cm³/mol. The van der Waals surface area contributed by atoms with Crippen molar-refractivity contribution in [1.82, 2.24) is 4.98 Å². The third-order valence-corrected chi connectivity index (χ3v) is 3.15. The van der Waals surface area contributed by atoms with Gasteiger partial charge in [0.2, 0.25) is 5.91 Å². The molecule has 1 aromatic heterocycles. The van der Waals surface area contributed by atoms with Gasteiger partial charge in [0.25, 0.3) is 0 Å². The minimum atomic E-state index is 0.0369. The Bertz CT molecular complexity index is 403. The maximum absolute atomic E-state index is 11.7. The van der Waals surface area contributed by atoms with Crippen molar-refractivity contribution in [2.45, 2.75) is 20.3 Å². The standard InChI is InChI=1S/C11H13ClN2O/c1-11(2)6-7(11)10(15)14-8-4-3-5-13-9(8)12/h3-5,7H,6H2,1-2H3,(H,14,15). The molecule has 15 heavy (non-hydrogen) atoms. The SMILES string of the molecule is CC1(C)CC1C(=O)Nc1cccnc1Cl. The van der Waals surface area contributed by atoms with Crippen LogP contribution in [-0.2, 0) is 4.79 Å². The highest BCUT2D eigenvalue weighted by Gasteiger charge is 2.50. The number of nitrogens with one attached hydrogen (secondary N) is 1. The Hall–Kier alpha value is -1.09. The molecular weight excluding hydrogens is 212 g/mol. The summed E-state index contributed by atoms with van der Waals surface area (Å²) in [5, 5.41) is 3.13. The lowest BCUT2D eigenvalue weighted by Crippen LogP contribution is -2.16. The van der Waals surface area contributed by atoms with E-state index < -0.39 is 0 Å². The zero-order valence-corrected chi connectivity index (χ0v) is 9.51. The van der Waals surface area contributed by atoms with Crippen LogP contribution < -0.4 is 5.32 Å². The molecule has 1 atom stereocenters. The maximum Gasteiger partial charge on any atom is 0.228 e. The highest BCUT2D eigenvalue weighted by atomic mass is 35.5. The first kappa shape index (κ1) is 10.4. The number of hydrogen-bond acceptors (Lipinski definition) is 2. The molecule has 3 nitrogen and oxygen atoms in total. The number of pyridine rings is 1. The van der Waals surface area contributed by atoms with E-state index in [1.165, 1.54) is 0 Å². The molecule has 1 unspecified atom stereocenters. The fourth-order valence-corrected chi connectivity index (χ4v) is 1.78. The molecule has 0 radical (unpaired) electrons. The molecule has 1 aliphatic carbocycles. The van der Waals surface area contributed by atoms with E-state index in [0.29, 0.717) is 10.8 Å². The molecule has 1 aliphatic rings. The summed E-state index contributed by atoms with van der Waals surface area (Å²) in [5.74, 6) is 0.142. The third-order valence-electron chi connectivity index (χ3n) is 2.85. The number of anilines is 1. The second-order valence-electron chi connectivity index (χ2n) is 4.58. The number of halogens is 1. The predicted octanol–water partition coefficient (Wildman–Crippen LogP) is 2.72. The van der Waals surface area contributed by atoms with Crippen LogP contribution in [0, 0.1) is 11.3 Å². The van der Waals surface area contributed by atoms with Gasteiger partial charge < -0.3 is 5.32 Å². The summed E-state index contributed by atoms with van der Waals surface area (Å²) in [6, 6.07) is 3.50. The van der Waals surface area contributed by atoms with E-state index >= 15 is 0 Å². The molecular formula is C11H13ClN2O. The summed E-state index contributed by atoms with van der Waals surface area (Å²) >= 11 is 5.84. The fraction of sp³-hybridized carbons (Fsp3) is 0.455. The highest BCUT2D eigenvalue weighted by molar-refractivity contribution is 6.32. The van der Waals surface area contributed by atoms with Gasteiger partial charge in [-0.25, -0.2) is 4.98 Å². The quantitative estimate of drug-likeness (QED) is 0.785. The van der Waals surface area contributed by atoms with Gasteiger partial charge in [0.15, 0.2) is 5.15 Å². The van der Waals surface area contributed by atoms with E-state index in [2.05, 4.69) is 24.1 Å². The lowest BCUT2D eigenvalue weighted by Gasteiger charge is -2.07. The zero-order valence-electron chi connectivity index (χ0n) is 8.75. The molecule has 0 aliphatic heterocycles. The molecule has 1 aromatic rings. The van der Waals surface area contributed by atoms with E-state index in [0.717, 1.165) is 6.42 Å². The summed E-state index contributed by atoms with van der Waals surface area (Å²) in [6.45, 7) is 4.17. The summed E-state index contributed by atoms with van der Waals surface area (Å²) < 4.78 is 0. The van der Waals surface area contributed by atoms with Crippen LogP contribution in [0.15, 0.2) is 18.3 Å². The first-order valence-corrected chi connectivity index (χ1v) is 5.30. The van der Waals surface area contributed by atoms with Crippen molar-refractivity contribution in [2.24, 2.45) is 11.3 Å². The third kappa shape index (κ3) is 2.12. The Balaban J connectivity index is 2.05. The van der Waals surface area contributed by atoms with Crippen molar-refractivity contribution in [3.8, 4) is 0 Å². The van der Waals surface area contributed by atoms with E-state index in [4.69, 9.17) is 11.6 Å². The maximum atomic E-state index is 11.7. The van der Waals surface area contributed by atoms with Gasteiger partial charge in [-0.05, 0) is 24.0 Å². The second-order valence-corrected chi connectivity index (χ2v) is 4.93. The second kappa shape index (κ2) is 3.49. The molecule has 1 heterocycles. The molecule has 2 rings (SSSR count). The smallest absolute Gasteiger partial charge is 0.228 e. The van der Waals surface area contributed by atoms with Crippen molar-refractivity contribution in [2.75, 3.05) is 5.32 Å². The first-order chi connectivity index (χ1) is 7.00. The number of carbonyl (C=O) groups is 1. The van der Waals surface area contributed by atoms with Gasteiger partial charge in [-0.1, -0.05) is 25.4 Å². The van der Waals surface area contributed by atoms with Gasteiger partial charge in [0, 0.05) is 12.1 Å². The topological polar surface area (TPSA) is 42.0 Å². The summed E-state index contributed by atoms with van der Waals surface area (Å²) in [4.78, 5) is 15.6. The lowest BCUT2D eigenvalue weighted by atomic mass is 10.1. The first-order valence-electron chi connectivity index (χ1n) is 4.92. The summed E-state index contributed by atoms with van der Waals surface area (Å²) in [6.07, 6.45) is 2.54. The molecule has 4 heteroatoms. The van der Waals surface area contributed by atoms with Crippen LogP contribution in [0.2, 0.25) is 5.15 Å². The molecule has 0 spiro atoms. The van der Waals surface area contributed by atoms with E-state index in [1.54, 1.807) is 18.3 Å². The highest BCUT2D eigenvalue weighted by Crippen LogP contribution is 2.52. The van der Waals surface area contributed by atoms with Crippen LogP contribution in [0.4, 0.5) is 5.69 Å². The Morgan fingerprint density at radius 3 is 2.87 bits per heavy atom. The fourth-order valence-electron chi connectivity index (χ4n) is 1.61. The van der Waals surface area contributed by atoms with Crippen LogP contribution in [0.3, 0.4) is 0 Å². The molecule has 0 saturated heterocycles. The van der Waals surface area contributed by atoms with Gasteiger partial charge in [-0.15, -0.1) is 0 Å². The molecule has 0 bridgehead atoms. The summed E-state index contributed by atoms with van der Waals surface area (Å²) in [7, 11) is 0. The Kier molecular flexibility index (Phi) is 2.43. The molecule has 0 aromatic carbocycles. The van der Waals surface area contributed by atoms with Crippen LogP contribution in [0.5, 0.6) is 0 Å². The van der Waals surface area contributed by atoms with Crippen LogP contribution in [0.25, 0.3) is 0 Å². The Morgan fingerprint density at radius 1 is 1.67 bits per heavy atom. The number of nitrogens with zero attached hydrogens (tertiary/aromatic N) is 1. The van der Waals surface area contributed by atoms with E-state index in [1.807, 2.05) is 0 Å². The minimum absolute atomic E-state index is 0.0369. The van der Waals surface area contributed by atoms with Gasteiger partial charge in [-0.3, -0.25) is 4.79 Å². The van der Waals surface area contributed by atoms with Crippen molar-refractivity contribution >= 4 is 23.2 Å². The van der Waals surface area contributed by atoms with Crippen LogP contribution >= 0.6 is 11.6 Å². The number of carbonyl (C=O) groups excluding carboxylic acids is 1. The van der Waals surface area contributed by atoms with Gasteiger partial charge in [0.05, 0.1) is 5.69 Å². The Labute approximate surface area is 93.8 Å². The van der Waals surface area contributed by atoms with Crippen molar-refractivity contribution in [3.63, 3.8) is 0 Å². The lowest BCUT2D eigenvalue weighted by molar-refractivity contribution is -0.118. The van der Waals surface area contributed by atoms with Crippen molar-refractivity contribution in [1.29, 1.82) is 0 Å². The molecule has 1 saturated carbocycles. The van der Waals surface area contributed by atoms with Crippen LogP contribution in [0.1, 0.15) is 20.3 Å². The minimum Gasteiger partial charge on any atom is -0.323 e. The summed E-state index contributed by atoms with van der Waals surface area (Å²) in [5.41, 5.74) is 0.727. The van der Waals surface area contributed by atoms with Gasteiger partial charge in [0.1, 0.15) is 0 Å². The van der Waals surface area contributed by atoms with Gasteiger partial charge >= 0.3 is 0 Å². The van der Waals surface area contributed by atoms with E-state index in [9.17, 15) is 4.79 Å². The normalized spacial score (nSPS) is 22.2. The van der Waals surface area contributed by atoms with Crippen molar-refractivity contribution in [3.05, 3.63) is 23.5 Å². The Morgan fingerprint density at radius 2 is 2.33 bits per heavy atom. The van der Waals surface area contributed by atoms with E-state index in [-0.39, 0.29) is 17.2 Å². The monoisotopic (exact) mass is 224 g/mol.